The Kier molecular flexibility index (Phi) is 4.34. The number of carbonyl (C=O) groups is 1. The van der Waals surface area contributed by atoms with Crippen molar-refractivity contribution in [1.82, 2.24) is 0 Å². The second-order valence-electron chi connectivity index (χ2n) is 3.74. The van der Waals surface area contributed by atoms with Crippen LogP contribution in [0.15, 0.2) is 40.9 Å². The number of amides is 1. The fourth-order valence-corrected chi connectivity index (χ4v) is 2.17. The van der Waals surface area contributed by atoms with Crippen molar-refractivity contribution < 1.29 is 9.90 Å². The third-order valence-electron chi connectivity index (χ3n) is 2.38. The van der Waals surface area contributed by atoms with E-state index in [9.17, 15) is 9.90 Å². The highest BCUT2D eigenvalue weighted by Gasteiger charge is 2.13. The van der Waals surface area contributed by atoms with E-state index >= 15 is 0 Å². The maximum atomic E-state index is 12.1. The van der Waals surface area contributed by atoms with E-state index < -0.39 is 5.91 Å². The van der Waals surface area contributed by atoms with E-state index in [1.54, 1.807) is 18.2 Å². The number of phenols is 1. The zero-order valence-electron chi connectivity index (χ0n) is 9.45. The molecule has 19 heavy (non-hydrogen) atoms. The molecule has 1 amide bonds. The predicted octanol–water partition coefficient (Wildman–Crippen LogP) is 4.71. The van der Waals surface area contributed by atoms with Crippen LogP contribution in [0.1, 0.15) is 10.4 Å². The van der Waals surface area contributed by atoms with Crippen LogP contribution >= 0.6 is 39.1 Å². The molecule has 2 rings (SSSR count). The van der Waals surface area contributed by atoms with Crippen LogP contribution in [0.25, 0.3) is 0 Å². The zero-order valence-corrected chi connectivity index (χ0v) is 12.6. The zero-order chi connectivity index (χ0) is 14.0. The summed E-state index contributed by atoms with van der Waals surface area (Å²) in [6.07, 6.45) is 0. The monoisotopic (exact) mass is 359 g/mol. The Labute approximate surface area is 128 Å². The van der Waals surface area contributed by atoms with Gasteiger partial charge in [-0.2, -0.15) is 0 Å². The largest absolute Gasteiger partial charge is 0.507 e. The molecule has 0 saturated carbocycles. The van der Waals surface area contributed by atoms with Gasteiger partial charge in [-0.1, -0.05) is 39.1 Å². The van der Waals surface area contributed by atoms with Gasteiger partial charge in [0.15, 0.2) is 0 Å². The molecule has 0 bridgehead atoms. The summed E-state index contributed by atoms with van der Waals surface area (Å²) < 4.78 is 0.688. The summed E-state index contributed by atoms with van der Waals surface area (Å²) in [7, 11) is 0. The van der Waals surface area contributed by atoms with Gasteiger partial charge in [0.05, 0.1) is 16.3 Å². The number of halogens is 3. The maximum absolute atomic E-state index is 12.1. The van der Waals surface area contributed by atoms with E-state index in [0.29, 0.717) is 20.2 Å². The average Bonchev–Trinajstić information content (AvgIpc) is 2.36. The highest BCUT2D eigenvalue weighted by molar-refractivity contribution is 9.10. The van der Waals surface area contributed by atoms with E-state index in [1.807, 2.05) is 0 Å². The van der Waals surface area contributed by atoms with Gasteiger partial charge < -0.3 is 10.4 Å². The molecule has 0 atom stereocenters. The molecule has 0 radical (unpaired) electrons. The number of phenolic OH excluding ortho intramolecular Hbond substituents is 1. The van der Waals surface area contributed by atoms with Crippen molar-refractivity contribution in [3.05, 3.63) is 56.5 Å². The molecule has 6 heteroatoms. The first-order chi connectivity index (χ1) is 8.97. The number of nitrogens with one attached hydrogen (secondary N) is 1. The van der Waals surface area contributed by atoms with Gasteiger partial charge in [-0.3, -0.25) is 4.79 Å². The Morgan fingerprint density at radius 1 is 1.16 bits per heavy atom. The summed E-state index contributed by atoms with van der Waals surface area (Å²) in [6, 6.07) is 9.33. The second-order valence-corrected chi connectivity index (χ2v) is 5.50. The van der Waals surface area contributed by atoms with E-state index in [2.05, 4.69) is 21.2 Å². The van der Waals surface area contributed by atoms with Crippen molar-refractivity contribution in [3.63, 3.8) is 0 Å². The first-order valence-corrected chi connectivity index (χ1v) is 6.77. The SMILES string of the molecule is O=C(Nc1cc(Cl)ccc1Cl)c1cc(Br)ccc1O. The molecule has 3 nitrogen and oxygen atoms in total. The third kappa shape index (κ3) is 3.41. The molecule has 0 spiro atoms. The van der Waals surface area contributed by atoms with Gasteiger partial charge in [0.2, 0.25) is 0 Å². The average molecular weight is 361 g/mol. The molecule has 98 valence electrons. The van der Waals surface area contributed by atoms with E-state index in [4.69, 9.17) is 23.2 Å². The van der Waals surface area contributed by atoms with Crippen molar-refractivity contribution in [3.8, 4) is 5.75 Å². The Balaban J connectivity index is 2.30. The molecule has 0 heterocycles. The van der Waals surface area contributed by atoms with Crippen molar-refractivity contribution in [2.24, 2.45) is 0 Å². The maximum Gasteiger partial charge on any atom is 0.259 e. The lowest BCUT2D eigenvalue weighted by molar-refractivity contribution is 0.102. The molecule has 0 aromatic heterocycles. The van der Waals surface area contributed by atoms with E-state index in [1.165, 1.54) is 18.2 Å². The number of hydrogen-bond donors (Lipinski definition) is 2. The molecule has 0 unspecified atom stereocenters. The Morgan fingerprint density at radius 2 is 1.89 bits per heavy atom. The minimum Gasteiger partial charge on any atom is -0.507 e. The van der Waals surface area contributed by atoms with Gasteiger partial charge in [0.1, 0.15) is 5.75 Å². The van der Waals surface area contributed by atoms with Crippen LogP contribution in [-0.4, -0.2) is 11.0 Å². The minimum absolute atomic E-state index is 0.112. The molecule has 2 N–H and O–H groups in total. The van der Waals surface area contributed by atoms with Gasteiger partial charge in [0, 0.05) is 9.50 Å². The van der Waals surface area contributed by atoms with Crippen molar-refractivity contribution in [1.29, 1.82) is 0 Å². The van der Waals surface area contributed by atoms with Crippen LogP contribution in [0.5, 0.6) is 5.75 Å². The predicted molar refractivity (Wildman–Crippen MR) is 80.2 cm³/mol. The molecule has 0 aliphatic rings. The number of carbonyl (C=O) groups excluding carboxylic acids is 1. The van der Waals surface area contributed by atoms with Crippen molar-refractivity contribution in [2.75, 3.05) is 5.32 Å². The highest BCUT2D eigenvalue weighted by atomic mass is 79.9. The van der Waals surface area contributed by atoms with Gasteiger partial charge >= 0.3 is 0 Å². The van der Waals surface area contributed by atoms with Crippen molar-refractivity contribution >= 4 is 50.7 Å². The van der Waals surface area contributed by atoms with Crippen LogP contribution < -0.4 is 5.32 Å². The molecule has 0 fully saturated rings. The standard InChI is InChI=1S/C13H8BrCl2NO2/c14-7-1-4-12(18)9(5-7)13(19)17-11-6-8(15)2-3-10(11)16/h1-6,18H,(H,17,19). The normalized spacial score (nSPS) is 10.3. The topological polar surface area (TPSA) is 49.3 Å². The first-order valence-electron chi connectivity index (χ1n) is 5.22. The molecule has 0 saturated heterocycles. The fourth-order valence-electron chi connectivity index (χ4n) is 1.47. The van der Waals surface area contributed by atoms with E-state index in [0.717, 1.165) is 0 Å². The van der Waals surface area contributed by atoms with Gasteiger partial charge in [-0.05, 0) is 36.4 Å². The number of anilines is 1. The number of hydrogen-bond acceptors (Lipinski definition) is 2. The molecular weight excluding hydrogens is 353 g/mol. The lowest BCUT2D eigenvalue weighted by Crippen LogP contribution is -2.12. The van der Waals surface area contributed by atoms with Gasteiger partial charge in [-0.15, -0.1) is 0 Å². The molecule has 2 aromatic carbocycles. The van der Waals surface area contributed by atoms with E-state index in [-0.39, 0.29) is 11.3 Å². The molecular formula is C13H8BrCl2NO2. The first kappa shape index (κ1) is 14.2. The quantitative estimate of drug-likeness (QED) is 0.814. The van der Waals surface area contributed by atoms with Gasteiger partial charge in [0.25, 0.3) is 5.91 Å². The smallest absolute Gasteiger partial charge is 0.259 e. The highest BCUT2D eigenvalue weighted by Crippen LogP contribution is 2.28. The van der Waals surface area contributed by atoms with Crippen molar-refractivity contribution in [2.45, 2.75) is 0 Å². The second kappa shape index (κ2) is 5.82. The molecule has 0 aliphatic carbocycles. The third-order valence-corrected chi connectivity index (χ3v) is 3.44. The summed E-state index contributed by atoms with van der Waals surface area (Å²) in [5, 5.41) is 13.1. The number of aromatic hydroxyl groups is 1. The summed E-state index contributed by atoms with van der Waals surface area (Å²) in [5.74, 6) is -0.582. The lowest BCUT2D eigenvalue weighted by atomic mass is 10.2. The van der Waals surface area contributed by atoms with Crippen LogP contribution in [-0.2, 0) is 0 Å². The van der Waals surface area contributed by atoms with Gasteiger partial charge in [-0.25, -0.2) is 0 Å². The summed E-state index contributed by atoms with van der Waals surface area (Å²) >= 11 is 15.0. The van der Waals surface area contributed by atoms with Crippen LogP contribution in [0, 0.1) is 0 Å². The number of benzene rings is 2. The Bertz CT molecular complexity index is 647. The molecule has 2 aromatic rings. The van der Waals surface area contributed by atoms with Crippen LogP contribution in [0.2, 0.25) is 10.0 Å². The lowest BCUT2D eigenvalue weighted by Gasteiger charge is -2.09. The summed E-state index contributed by atoms with van der Waals surface area (Å²) in [5.41, 5.74) is 0.531. The minimum atomic E-state index is -0.469. The number of rotatable bonds is 2. The Morgan fingerprint density at radius 3 is 2.63 bits per heavy atom. The summed E-state index contributed by atoms with van der Waals surface area (Å²) in [6.45, 7) is 0. The summed E-state index contributed by atoms with van der Waals surface area (Å²) in [4.78, 5) is 12.1. The van der Waals surface area contributed by atoms with Crippen LogP contribution in [0.4, 0.5) is 5.69 Å². The Hall–Kier alpha value is -1.23. The molecule has 0 aliphatic heterocycles. The van der Waals surface area contributed by atoms with Crippen LogP contribution in [0.3, 0.4) is 0 Å². The fraction of sp³-hybridized carbons (Fsp3) is 0.